The van der Waals surface area contributed by atoms with Crippen LogP contribution in [-0.4, -0.2) is 45.0 Å². The fourth-order valence-corrected chi connectivity index (χ4v) is 3.83. The van der Waals surface area contributed by atoms with E-state index in [1.54, 1.807) is 6.92 Å². The SMILES string of the molecule is CCOC(=O)CCc1cn(Cc2ccc(OCc3cn4c(OCC)cccc4n3)cc2)nc1OCC. The molecule has 36 heavy (non-hydrogen) atoms. The summed E-state index contributed by atoms with van der Waals surface area (Å²) >= 11 is 0. The first kappa shape index (κ1) is 25.1. The van der Waals surface area contributed by atoms with Crippen molar-refractivity contribution in [3.05, 3.63) is 71.7 Å². The van der Waals surface area contributed by atoms with Crippen LogP contribution >= 0.6 is 0 Å². The standard InChI is InChI=1S/C27H32N4O5/c1-4-33-25-9-7-8-24-28-22(18-31(24)25)19-36-23-13-10-20(11-14-23)16-30-17-21(27(29-30)35-6-3)12-15-26(32)34-5-2/h7-11,13-14,17-18H,4-6,12,15-16,19H2,1-3H3. The summed E-state index contributed by atoms with van der Waals surface area (Å²) < 4.78 is 26.1. The Morgan fingerprint density at radius 2 is 1.72 bits per heavy atom. The normalized spacial score (nSPS) is 11.0. The second-order valence-electron chi connectivity index (χ2n) is 8.09. The number of rotatable bonds is 13. The maximum Gasteiger partial charge on any atom is 0.306 e. The zero-order valence-electron chi connectivity index (χ0n) is 21.0. The Kier molecular flexibility index (Phi) is 8.44. The van der Waals surface area contributed by atoms with Gasteiger partial charge in [-0.2, -0.15) is 0 Å². The van der Waals surface area contributed by atoms with Crippen molar-refractivity contribution in [2.45, 2.75) is 46.8 Å². The molecule has 0 bridgehead atoms. The smallest absolute Gasteiger partial charge is 0.306 e. The molecule has 4 rings (SSSR count). The second kappa shape index (κ2) is 12.1. The van der Waals surface area contributed by atoms with Crippen LogP contribution in [0.1, 0.15) is 44.0 Å². The van der Waals surface area contributed by atoms with Crippen molar-refractivity contribution in [2.24, 2.45) is 0 Å². The average Bonchev–Trinajstić information content (AvgIpc) is 3.47. The summed E-state index contributed by atoms with van der Waals surface area (Å²) in [4.78, 5) is 16.3. The lowest BCUT2D eigenvalue weighted by Crippen LogP contribution is -2.05. The van der Waals surface area contributed by atoms with Crippen molar-refractivity contribution in [1.82, 2.24) is 19.2 Å². The molecule has 0 aliphatic heterocycles. The van der Waals surface area contributed by atoms with Gasteiger partial charge in [0.15, 0.2) is 5.88 Å². The molecule has 0 radical (unpaired) electrons. The quantitative estimate of drug-likeness (QED) is 0.255. The van der Waals surface area contributed by atoms with E-state index < -0.39 is 0 Å². The summed E-state index contributed by atoms with van der Waals surface area (Å²) in [7, 11) is 0. The van der Waals surface area contributed by atoms with Gasteiger partial charge in [0, 0.05) is 24.4 Å². The van der Waals surface area contributed by atoms with E-state index in [4.69, 9.17) is 18.9 Å². The number of carbonyl (C=O) groups excluding carboxylic acids is 1. The van der Waals surface area contributed by atoms with Crippen LogP contribution in [0.4, 0.5) is 0 Å². The minimum Gasteiger partial charge on any atom is -0.487 e. The predicted octanol–water partition coefficient (Wildman–Crippen LogP) is 4.45. The summed E-state index contributed by atoms with van der Waals surface area (Å²) in [6.07, 6.45) is 4.68. The number of carbonyl (C=O) groups is 1. The fraction of sp³-hybridized carbons (Fsp3) is 0.370. The van der Waals surface area contributed by atoms with E-state index in [0.29, 0.717) is 51.7 Å². The number of imidazole rings is 1. The van der Waals surface area contributed by atoms with Gasteiger partial charge in [-0.15, -0.1) is 5.10 Å². The molecule has 0 aliphatic rings. The highest BCUT2D eigenvalue weighted by Gasteiger charge is 2.13. The minimum absolute atomic E-state index is 0.221. The van der Waals surface area contributed by atoms with Crippen molar-refractivity contribution < 1.29 is 23.7 Å². The highest BCUT2D eigenvalue weighted by atomic mass is 16.5. The third kappa shape index (κ3) is 6.35. The lowest BCUT2D eigenvalue weighted by molar-refractivity contribution is -0.143. The highest BCUT2D eigenvalue weighted by molar-refractivity contribution is 5.69. The molecule has 9 heteroatoms. The maximum absolute atomic E-state index is 11.7. The van der Waals surface area contributed by atoms with E-state index in [2.05, 4.69) is 10.1 Å². The van der Waals surface area contributed by atoms with Gasteiger partial charge in [-0.05, 0) is 57.0 Å². The molecule has 0 atom stereocenters. The molecule has 1 aromatic carbocycles. The van der Waals surface area contributed by atoms with E-state index >= 15 is 0 Å². The first-order valence-corrected chi connectivity index (χ1v) is 12.3. The molecule has 3 heterocycles. The largest absolute Gasteiger partial charge is 0.487 e. The molecule has 0 aliphatic carbocycles. The van der Waals surface area contributed by atoms with E-state index in [1.807, 2.05) is 77.8 Å². The van der Waals surface area contributed by atoms with Crippen LogP contribution in [0.15, 0.2) is 54.9 Å². The Morgan fingerprint density at radius 3 is 2.47 bits per heavy atom. The number of aryl methyl sites for hydroxylation is 1. The second-order valence-corrected chi connectivity index (χ2v) is 8.09. The van der Waals surface area contributed by atoms with Crippen molar-refractivity contribution in [3.63, 3.8) is 0 Å². The summed E-state index contributed by atoms with van der Waals surface area (Å²) in [5.74, 6) is 1.85. The monoisotopic (exact) mass is 492 g/mol. The average molecular weight is 493 g/mol. The number of hydrogen-bond acceptors (Lipinski definition) is 7. The fourth-order valence-electron chi connectivity index (χ4n) is 3.83. The Bertz CT molecular complexity index is 1280. The highest BCUT2D eigenvalue weighted by Crippen LogP contribution is 2.21. The zero-order chi connectivity index (χ0) is 25.3. The Morgan fingerprint density at radius 1 is 0.917 bits per heavy atom. The number of nitrogens with zero attached hydrogens (tertiary/aromatic N) is 4. The topological polar surface area (TPSA) is 89.1 Å². The summed E-state index contributed by atoms with van der Waals surface area (Å²) in [6.45, 7) is 8.08. The number of esters is 1. The van der Waals surface area contributed by atoms with E-state index in [1.165, 1.54) is 0 Å². The first-order valence-electron chi connectivity index (χ1n) is 12.3. The van der Waals surface area contributed by atoms with Crippen LogP contribution < -0.4 is 14.2 Å². The van der Waals surface area contributed by atoms with Gasteiger partial charge in [0.05, 0.1) is 32.1 Å². The minimum atomic E-state index is -0.221. The number of pyridine rings is 1. The number of ether oxygens (including phenoxy) is 4. The molecule has 0 fully saturated rings. The molecule has 9 nitrogen and oxygen atoms in total. The van der Waals surface area contributed by atoms with Crippen LogP contribution in [0.3, 0.4) is 0 Å². The van der Waals surface area contributed by atoms with Crippen LogP contribution in [-0.2, 0) is 29.1 Å². The number of hydrogen-bond donors (Lipinski definition) is 0. The number of aromatic nitrogens is 4. The van der Waals surface area contributed by atoms with Crippen molar-refractivity contribution in [1.29, 1.82) is 0 Å². The molecule has 0 amide bonds. The molecule has 0 saturated carbocycles. The van der Waals surface area contributed by atoms with Crippen molar-refractivity contribution >= 4 is 11.6 Å². The molecule has 3 aromatic heterocycles. The van der Waals surface area contributed by atoms with Crippen molar-refractivity contribution in [2.75, 3.05) is 19.8 Å². The summed E-state index contributed by atoms with van der Waals surface area (Å²) in [5.41, 5.74) is 3.60. The van der Waals surface area contributed by atoms with E-state index in [9.17, 15) is 4.79 Å². The van der Waals surface area contributed by atoms with Crippen LogP contribution in [0.2, 0.25) is 0 Å². The van der Waals surface area contributed by atoms with Gasteiger partial charge in [-0.3, -0.25) is 13.9 Å². The van der Waals surface area contributed by atoms with Gasteiger partial charge < -0.3 is 18.9 Å². The van der Waals surface area contributed by atoms with Gasteiger partial charge in [0.2, 0.25) is 5.88 Å². The van der Waals surface area contributed by atoms with Gasteiger partial charge in [0.25, 0.3) is 0 Å². The van der Waals surface area contributed by atoms with Gasteiger partial charge in [0.1, 0.15) is 18.0 Å². The Balaban J connectivity index is 1.36. The van der Waals surface area contributed by atoms with Crippen LogP contribution in [0, 0.1) is 0 Å². The third-order valence-electron chi connectivity index (χ3n) is 5.44. The van der Waals surface area contributed by atoms with Crippen LogP contribution in [0.5, 0.6) is 17.5 Å². The molecule has 0 spiro atoms. The first-order chi connectivity index (χ1) is 17.6. The molecule has 0 saturated heterocycles. The van der Waals surface area contributed by atoms with E-state index in [-0.39, 0.29) is 5.97 Å². The molecule has 0 unspecified atom stereocenters. The Hall–Kier alpha value is -4.01. The third-order valence-corrected chi connectivity index (χ3v) is 5.44. The number of fused-ring (bicyclic) bond motifs is 1. The summed E-state index contributed by atoms with van der Waals surface area (Å²) in [5, 5.41) is 4.55. The molecule has 4 aromatic rings. The van der Waals surface area contributed by atoms with Crippen molar-refractivity contribution in [3.8, 4) is 17.5 Å². The van der Waals surface area contributed by atoms with Gasteiger partial charge in [-0.1, -0.05) is 18.2 Å². The summed E-state index contributed by atoms with van der Waals surface area (Å²) in [6, 6.07) is 13.7. The van der Waals surface area contributed by atoms with E-state index in [0.717, 1.165) is 34.1 Å². The molecular formula is C27H32N4O5. The van der Waals surface area contributed by atoms with Crippen LogP contribution in [0.25, 0.3) is 5.65 Å². The Labute approximate surface area is 210 Å². The molecule has 190 valence electrons. The number of benzene rings is 1. The predicted molar refractivity (Wildman–Crippen MR) is 135 cm³/mol. The lowest BCUT2D eigenvalue weighted by Gasteiger charge is -2.06. The molecular weight excluding hydrogens is 460 g/mol. The van der Waals surface area contributed by atoms with Gasteiger partial charge >= 0.3 is 5.97 Å². The van der Waals surface area contributed by atoms with Gasteiger partial charge in [-0.25, -0.2) is 4.98 Å². The molecule has 0 N–H and O–H groups in total. The lowest BCUT2D eigenvalue weighted by atomic mass is 10.2. The zero-order valence-corrected chi connectivity index (χ0v) is 21.0. The maximum atomic E-state index is 11.7.